The molecule has 2 aromatic rings. The van der Waals surface area contributed by atoms with Gasteiger partial charge in [0.2, 0.25) is 0 Å². The average Bonchev–Trinajstić information content (AvgIpc) is 2.58. The van der Waals surface area contributed by atoms with Crippen LogP contribution in [-0.4, -0.2) is 24.9 Å². The second-order valence-electron chi connectivity index (χ2n) is 5.55. The number of rotatable bonds is 4. The Morgan fingerprint density at radius 3 is 2.57 bits per heavy atom. The van der Waals surface area contributed by atoms with Crippen molar-refractivity contribution in [2.24, 2.45) is 5.92 Å². The predicted molar refractivity (Wildman–Crippen MR) is 88.4 cm³/mol. The lowest BCUT2D eigenvalue weighted by molar-refractivity contribution is -0.145. The summed E-state index contributed by atoms with van der Waals surface area (Å²) in [7, 11) is 0. The van der Waals surface area contributed by atoms with Gasteiger partial charge in [-0.15, -0.1) is 0 Å². The van der Waals surface area contributed by atoms with Gasteiger partial charge in [0, 0.05) is 24.3 Å². The summed E-state index contributed by atoms with van der Waals surface area (Å²) in [4.78, 5) is 26.8. The Labute approximate surface area is 135 Å². The summed E-state index contributed by atoms with van der Waals surface area (Å²) >= 11 is 0. The summed E-state index contributed by atoms with van der Waals surface area (Å²) in [6.45, 7) is 3.04. The molecular formula is C19H19NO3. The Balaban J connectivity index is 1.93. The first-order valence-corrected chi connectivity index (χ1v) is 7.79. The molecule has 0 amide bonds. The van der Waals surface area contributed by atoms with Crippen LogP contribution in [0.25, 0.3) is 0 Å². The van der Waals surface area contributed by atoms with Crippen LogP contribution in [0.1, 0.15) is 22.8 Å². The fourth-order valence-electron chi connectivity index (χ4n) is 2.93. The molecule has 4 nitrogen and oxygen atoms in total. The molecule has 1 unspecified atom stereocenters. The van der Waals surface area contributed by atoms with Crippen molar-refractivity contribution in [3.63, 3.8) is 0 Å². The quantitative estimate of drug-likeness (QED) is 0.643. The lowest BCUT2D eigenvalue weighted by Gasteiger charge is -2.34. The molecule has 0 N–H and O–H groups in total. The van der Waals surface area contributed by atoms with Crippen molar-refractivity contribution in [3.05, 3.63) is 65.7 Å². The van der Waals surface area contributed by atoms with E-state index in [0.29, 0.717) is 18.7 Å². The minimum absolute atomic E-state index is 0.150. The van der Waals surface area contributed by atoms with Crippen molar-refractivity contribution in [1.82, 2.24) is 0 Å². The molecule has 23 heavy (non-hydrogen) atoms. The van der Waals surface area contributed by atoms with Crippen LogP contribution in [0.15, 0.2) is 54.6 Å². The summed E-state index contributed by atoms with van der Waals surface area (Å²) in [5.74, 6) is -1.35. The van der Waals surface area contributed by atoms with Gasteiger partial charge in [-0.05, 0) is 24.6 Å². The molecule has 118 valence electrons. The van der Waals surface area contributed by atoms with E-state index in [1.165, 1.54) is 0 Å². The van der Waals surface area contributed by atoms with Gasteiger partial charge in [0.15, 0.2) is 5.78 Å². The first kappa shape index (κ1) is 15.3. The van der Waals surface area contributed by atoms with Gasteiger partial charge in [-0.2, -0.15) is 0 Å². The summed E-state index contributed by atoms with van der Waals surface area (Å²) < 4.78 is 5.08. The third-order valence-corrected chi connectivity index (χ3v) is 4.02. The summed E-state index contributed by atoms with van der Waals surface area (Å²) in [6, 6.07) is 17.5. The van der Waals surface area contributed by atoms with E-state index in [4.69, 9.17) is 4.74 Å². The second kappa shape index (κ2) is 6.65. The molecule has 1 heterocycles. The molecule has 4 heteroatoms. The smallest absolute Gasteiger partial charge is 0.318 e. The Bertz CT molecular complexity index is 712. The molecule has 0 spiro atoms. The van der Waals surface area contributed by atoms with Crippen molar-refractivity contribution in [2.45, 2.75) is 13.5 Å². The number of nitrogens with zero attached hydrogens (tertiary/aromatic N) is 1. The number of hydrogen-bond acceptors (Lipinski definition) is 4. The van der Waals surface area contributed by atoms with E-state index in [1.54, 1.807) is 13.0 Å². The molecule has 0 saturated carbocycles. The van der Waals surface area contributed by atoms with Gasteiger partial charge >= 0.3 is 5.97 Å². The maximum Gasteiger partial charge on any atom is 0.318 e. The minimum atomic E-state index is -0.756. The monoisotopic (exact) mass is 309 g/mol. The number of fused-ring (bicyclic) bond motifs is 1. The van der Waals surface area contributed by atoms with Crippen LogP contribution in [0, 0.1) is 5.92 Å². The van der Waals surface area contributed by atoms with Crippen LogP contribution in [0.5, 0.6) is 0 Å². The Hall–Kier alpha value is -2.62. The summed E-state index contributed by atoms with van der Waals surface area (Å²) in [5, 5.41) is 0. The molecule has 0 bridgehead atoms. The number of Topliss-reactive ketones (excluding diaryl/α,β-unsaturated/α-hetero) is 1. The van der Waals surface area contributed by atoms with Crippen molar-refractivity contribution < 1.29 is 14.3 Å². The SMILES string of the molecule is CCOC(=O)C1CN(Cc2ccccc2)c2ccccc2C1=O. The summed E-state index contributed by atoms with van der Waals surface area (Å²) in [6.07, 6.45) is 0. The highest BCUT2D eigenvalue weighted by molar-refractivity contribution is 6.13. The molecule has 0 aromatic heterocycles. The van der Waals surface area contributed by atoms with Gasteiger partial charge in [0.1, 0.15) is 5.92 Å². The number of esters is 1. The molecule has 0 aliphatic carbocycles. The molecule has 0 fully saturated rings. The average molecular weight is 309 g/mol. The van der Waals surface area contributed by atoms with Crippen molar-refractivity contribution in [1.29, 1.82) is 0 Å². The van der Waals surface area contributed by atoms with Crippen molar-refractivity contribution >= 4 is 17.4 Å². The van der Waals surface area contributed by atoms with Gasteiger partial charge in [-0.3, -0.25) is 9.59 Å². The maximum absolute atomic E-state index is 12.6. The van der Waals surface area contributed by atoms with E-state index < -0.39 is 11.9 Å². The number of ketones is 1. The van der Waals surface area contributed by atoms with Gasteiger partial charge in [0.05, 0.1) is 6.61 Å². The normalized spacial score (nSPS) is 16.8. The van der Waals surface area contributed by atoms with Gasteiger partial charge in [-0.25, -0.2) is 0 Å². The number of para-hydroxylation sites is 1. The van der Waals surface area contributed by atoms with E-state index in [9.17, 15) is 9.59 Å². The van der Waals surface area contributed by atoms with Gasteiger partial charge in [0.25, 0.3) is 0 Å². The zero-order chi connectivity index (χ0) is 16.2. The largest absolute Gasteiger partial charge is 0.465 e. The highest BCUT2D eigenvalue weighted by Crippen LogP contribution is 2.31. The number of carbonyl (C=O) groups is 2. The number of anilines is 1. The van der Waals surface area contributed by atoms with Gasteiger partial charge < -0.3 is 9.64 Å². The maximum atomic E-state index is 12.6. The molecule has 1 atom stereocenters. The van der Waals surface area contributed by atoms with E-state index >= 15 is 0 Å². The fraction of sp³-hybridized carbons (Fsp3) is 0.263. The summed E-state index contributed by atoms with van der Waals surface area (Å²) in [5.41, 5.74) is 2.61. The highest BCUT2D eigenvalue weighted by Gasteiger charge is 2.37. The number of carbonyl (C=O) groups excluding carboxylic acids is 2. The number of ether oxygens (including phenoxy) is 1. The molecular weight excluding hydrogens is 290 g/mol. The number of benzene rings is 2. The molecule has 2 aromatic carbocycles. The lowest BCUT2D eigenvalue weighted by Crippen LogP contribution is -2.43. The van der Waals surface area contributed by atoms with Crippen molar-refractivity contribution in [2.75, 3.05) is 18.1 Å². The Kier molecular flexibility index (Phi) is 4.42. The Morgan fingerprint density at radius 1 is 1.13 bits per heavy atom. The Morgan fingerprint density at radius 2 is 1.83 bits per heavy atom. The predicted octanol–water partition coefficient (Wildman–Crippen LogP) is 3.07. The zero-order valence-corrected chi connectivity index (χ0v) is 13.1. The molecule has 1 aliphatic rings. The molecule has 0 radical (unpaired) electrons. The molecule has 1 aliphatic heterocycles. The third kappa shape index (κ3) is 3.11. The zero-order valence-electron chi connectivity index (χ0n) is 13.1. The van der Waals surface area contributed by atoms with E-state index in [1.807, 2.05) is 48.5 Å². The first-order chi connectivity index (χ1) is 11.2. The van der Waals surface area contributed by atoms with E-state index in [0.717, 1.165) is 11.3 Å². The molecule has 0 saturated heterocycles. The van der Waals surface area contributed by atoms with Crippen LogP contribution in [0.4, 0.5) is 5.69 Å². The van der Waals surface area contributed by atoms with Crippen LogP contribution in [0.2, 0.25) is 0 Å². The molecule has 3 rings (SSSR count). The van der Waals surface area contributed by atoms with Gasteiger partial charge in [-0.1, -0.05) is 42.5 Å². The minimum Gasteiger partial charge on any atom is -0.465 e. The first-order valence-electron chi connectivity index (χ1n) is 7.79. The standard InChI is InChI=1S/C19H19NO3/c1-2-23-19(22)16-13-20(12-14-8-4-3-5-9-14)17-11-7-6-10-15(17)18(16)21/h3-11,16H,2,12-13H2,1H3. The van der Waals surface area contributed by atoms with E-state index in [2.05, 4.69) is 4.90 Å². The second-order valence-corrected chi connectivity index (χ2v) is 5.55. The van der Waals surface area contributed by atoms with Crippen molar-refractivity contribution in [3.8, 4) is 0 Å². The highest BCUT2D eigenvalue weighted by atomic mass is 16.5. The van der Waals surface area contributed by atoms with Crippen LogP contribution < -0.4 is 4.90 Å². The number of hydrogen-bond donors (Lipinski definition) is 0. The van der Waals surface area contributed by atoms with Crippen LogP contribution in [-0.2, 0) is 16.1 Å². The van der Waals surface area contributed by atoms with Crippen LogP contribution in [0.3, 0.4) is 0 Å². The van der Waals surface area contributed by atoms with E-state index in [-0.39, 0.29) is 12.4 Å². The topological polar surface area (TPSA) is 46.6 Å². The third-order valence-electron chi connectivity index (χ3n) is 4.02. The van der Waals surface area contributed by atoms with Crippen LogP contribution >= 0.6 is 0 Å². The fourth-order valence-corrected chi connectivity index (χ4v) is 2.93. The lowest BCUT2D eigenvalue weighted by atomic mass is 9.90.